The van der Waals surface area contributed by atoms with E-state index in [4.69, 9.17) is 27.9 Å². The van der Waals surface area contributed by atoms with Gasteiger partial charge in [-0.25, -0.2) is 0 Å². The zero-order chi connectivity index (χ0) is 13.8. The van der Waals surface area contributed by atoms with E-state index in [0.29, 0.717) is 16.3 Å². The number of hydrogen-bond donors (Lipinski definition) is 0. The molecule has 0 aliphatic heterocycles. The first-order chi connectivity index (χ1) is 9.13. The lowest BCUT2D eigenvalue weighted by molar-refractivity contribution is 0.0984. The minimum atomic E-state index is -0.740. The first kappa shape index (κ1) is 13.9. The van der Waals surface area contributed by atoms with Crippen LogP contribution in [-0.2, 0) is 0 Å². The Morgan fingerprint density at radius 1 is 1.16 bits per heavy atom. The number of carbonyl (C=O) groups is 1. The van der Waals surface area contributed by atoms with E-state index in [0.717, 1.165) is 5.56 Å². The molecule has 0 aliphatic rings. The van der Waals surface area contributed by atoms with Gasteiger partial charge in [0.2, 0.25) is 0 Å². The SMILES string of the molecule is COc1cc(Cl)ccc1C(=O)C(Cl)c1ccccc1. The summed E-state index contributed by atoms with van der Waals surface area (Å²) in [6.45, 7) is 0. The van der Waals surface area contributed by atoms with Crippen LogP contribution < -0.4 is 4.74 Å². The van der Waals surface area contributed by atoms with Gasteiger partial charge in [0, 0.05) is 5.02 Å². The molecular weight excluding hydrogens is 283 g/mol. The van der Waals surface area contributed by atoms with Crippen LogP contribution in [0.15, 0.2) is 48.5 Å². The normalized spacial score (nSPS) is 11.9. The van der Waals surface area contributed by atoms with Gasteiger partial charge in [-0.15, -0.1) is 11.6 Å². The fraction of sp³-hybridized carbons (Fsp3) is 0.133. The van der Waals surface area contributed by atoms with Crippen molar-refractivity contribution in [2.75, 3.05) is 7.11 Å². The van der Waals surface area contributed by atoms with E-state index < -0.39 is 5.38 Å². The molecule has 2 rings (SSSR count). The van der Waals surface area contributed by atoms with Gasteiger partial charge in [0.1, 0.15) is 11.1 Å². The monoisotopic (exact) mass is 294 g/mol. The second-order valence-electron chi connectivity index (χ2n) is 3.98. The van der Waals surface area contributed by atoms with Crippen LogP contribution in [-0.4, -0.2) is 12.9 Å². The molecule has 1 atom stereocenters. The highest BCUT2D eigenvalue weighted by Crippen LogP contribution is 2.30. The molecule has 0 heterocycles. The minimum Gasteiger partial charge on any atom is -0.496 e. The average molecular weight is 295 g/mol. The van der Waals surface area contributed by atoms with Gasteiger partial charge in [-0.05, 0) is 23.8 Å². The molecule has 0 amide bonds. The van der Waals surface area contributed by atoms with E-state index in [9.17, 15) is 4.79 Å². The highest BCUT2D eigenvalue weighted by molar-refractivity contribution is 6.34. The van der Waals surface area contributed by atoms with Crippen LogP contribution in [0.1, 0.15) is 21.3 Å². The molecule has 0 saturated heterocycles. The van der Waals surface area contributed by atoms with E-state index in [1.807, 2.05) is 30.3 Å². The molecule has 0 radical (unpaired) electrons. The van der Waals surface area contributed by atoms with Gasteiger partial charge in [-0.3, -0.25) is 4.79 Å². The van der Waals surface area contributed by atoms with Gasteiger partial charge in [0.25, 0.3) is 0 Å². The van der Waals surface area contributed by atoms with E-state index in [-0.39, 0.29) is 5.78 Å². The Labute approximate surface area is 121 Å². The summed E-state index contributed by atoms with van der Waals surface area (Å²) in [6, 6.07) is 14.1. The van der Waals surface area contributed by atoms with Crippen LogP contribution in [0, 0.1) is 0 Å². The van der Waals surface area contributed by atoms with Gasteiger partial charge in [0.05, 0.1) is 12.7 Å². The number of alkyl halides is 1. The second-order valence-corrected chi connectivity index (χ2v) is 4.85. The molecular formula is C15H12Cl2O2. The van der Waals surface area contributed by atoms with Gasteiger partial charge >= 0.3 is 0 Å². The van der Waals surface area contributed by atoms with Gasteiger partial charge in [-0.2, -0.15) is 0 Å². The van der Waals surface area contributed by atoms with E-state index in [1.54, 1.807) is 18.2 Å². The molecule has 4 heteroatoms. The third-order valence-electron chi connectivity index (χ3n) is 2.75. The third kappa shape index (κ3) is 3.09. The lowest BCUT2D eigenvalue weighted by atomic mass is 10.0. The molecule has 2 aromatic rings. The van der Waals surface area contributed by atoms with E-state index in [2.05, 4.69) is 0 Å². The number of rotatable bonds is 4. The smallest absolute Gasteiger partial charge is 0.188 e. The zero-order valence-electron chi connectivity index (χ0n) is 10.3. The number of Topliss-reactive ketones (excluding diaryl/α,β-unsaturated/α-hetero) is 1. The van der Waals surface area contributed by atoms with Crippen molar-refractivity contribution in [3.63, 3.8) is 0 Å². The van der Waals surface area contributed by atoms with Crippen LogP contribution in [0.4, 0.5) is 0 Å². The van der Waals surface area contributed by atoms with Crippen LogP contribution >= 0.6 is 23.2 Å². The molecule has 2 aromatic carbocycles. The molecule has 19 heavy (non-hydrogen) atoms. The van der Waals surface area contributed by atoms with Gasteiger partial charge in [0.15, 0.2) is 5.78 Å². The number of ketones is 1. The Morgan fingerprint density at radius 2 is 1.84 bits per heavy atom. The Bertz CT molecular complexity index is 582. The molecule has 0 spiro atoms. The first-order valence-corrected chi connectivity index (χ1v) is 6.51. The highest BCUT2D eigenvalue weighted by Gasteiger charge is 2.22. The third-order valence-corrected chi connectivity index (χ3v) is 3.44. The molecule has 0 saturated carbocycles. The Morgan fingerprint density at radius 3 is 2.47 bits per heavy atom. The van der Waals surface area contributed by atoms with Gasteiger partial charge in [-0.1, -0.05) is 41.9 Å². The molecule has 0 N–H and O–H groups in total. The lowest BCUT2D eigenvalue weighted by Gasteiger charge is -2.12. The Balaban J connectivity index is 2.34. The van der Waals surface area contributed by atoms with Crippen molar-refractivity contribution in [2.45, 2.75) is 5.38 Å². The molecule has 0 bridgehead atoms. The number of hydrogen-bond acceptors (Lipinski definition) is 2. The predicted molar refractivity (Wildman–Crippen MR) is 77.4 cm³/mol. The summed E-state index contributed by atoms with van der Waals surface area (Å²) in [5, 5.41) is -0.226. The summed E-state index contributed by atoms with van der Waals surface area (Å²) in [6.07, 6.45) is 0. The van der Waals surface area contributed by atoms with Crippen LogP contribution in [0.25, 0.3) is 0 Å². The quantitative estimate of drug-likeness (QED) is 0.612. The fourth-order valence-corrected chi connectivity index (χ4v) is 2.20. The largest absolute Gasteiger partial charge is 0.496 e. The zero-order valence-corrected chi connectivity index (χ0v) is 11.8. The van der Waals surface area contributed by atoms with Crippen molar-refractivity contribution in [1.82, 2.24) is 0 Å². The van der Waals surface area contributed by atoms with Crippen molar-refractivity contribution in [3.8, 4) is 5.75 Å². The van der Waals surface area contributed by atoms with Crippen molar-refractivity contribution < 1.29 is 9.53 Å². The summed E-state index contributed by atoms with van der Waals surface area (Å²) >= 11 is 12.1. The highest BCUT2D eigenvalue weighted by atomic mass is 35.5. The average Bonchev–Trinajstić information content (AvgIpc) is 2.46. The standard InChI is InChI=1S/C15H12Cl2O2/c1-19-13-9-11(16)7-8-12(13)15(18)14(17)10-5-3-2-4-6-10/h2-9,14H,1H3. The summed E-state index contributed by atoms with van der Waals surface area (Å²) in [5.74, 6) is 0.223. The van der Waals surface area contributed by atoms with Crippen molar-refractivity contribution in [1.29, 1.82) is 0 Å². The summed E-state index contributed by atoms with van der Waals surface area (Å²) in [4.78, 5) is 12.4. The Kier molecular flexibility index (Phi) is 4.46. The van der Waals surface area contributed by atoms with Crippen molar-refractivity contribution >= 4 is 29.0 Å². The number of ether oxygens (including phenoxy) is 1. The predicted octanol–water partition coefficient (Wildman–Crippen LogP) is 4.51. The van der Waals surface area contributed by atoms with Crippen LogP contribution in [0.3, 0.4) is 0 Å². The van der Waals surface area contributed by atoms with E-state index >= 15 is 0 Å². The summed E-state index contributed by atoms with van der Waals surface area (Å²) in [7, 11) is 1.49. The number of methoxy groups -OCH3 is 1. The topological polar surface area (TPSA) is 26.3 Å². The number of benzene rings is 2. The summed E-state index contributed by atoms with van der Waals surface area (Å²) in [5.41, 5.74) is 1.18. The maximum absolute atomic E-state index is 12.4. The number of carbonyl (C=O) groups excluding carboxylic acids is 1. The van der Waals surface area contributed by atoms with Crippen LogP contribution in [0.5, 0.6) is 5.75 Å². The molecule has 2 nitrogen and oxygen atoms in total. The van der Waals surface area contributed by atoms with Crippen LogP contribution in [0.2, 0.25) is 5.02 Å². The first-order valence-electron chi connectivity index (χ1n) is 5.70. The molecule has 1 unspecified atom stereocenters. The number of halogens is 2. The van der Waals surface area contributed by atoms with E-state index in [1.165, 1.54) is 7.11 Å². The van der Waals surface area contributed by atoms with Crippen molar-refractivity contribution in [3.05, 3.63) is 64.7 Å². The molecule has 98 valence electrons. The maximum atomic E-state index is 12.4. The lowest BCUT2D eigenvalue weighted by Crippen LogP contribution is -2.09. The maximum Gasteiger partial charge on any atom is 0.188 e. The Hall–Kier alpha value is -1.51. The minimum absolute atomic E-state index is 0.207. The molecule has 0 fully saturated rings. The molecule has 0 aliphatic carbocycles. The fourth-order valence-electron chi connectivity index (χ4n) is 1.78. The second kappa shape index (κ2) is 6.09. The van der Waals surface area contributed by atoms with Crippen molar-refractivity contribution in [2.24, 2.45) is 0 Å². The summed E-state index contributed by atoms with van der Waals surface area (Å²) < 4.78 is 5.17. The molecule has 0 aromatic heterocycles. The van der Waals surface area contributed by atoms with Gasteiger partial charge < -0.3 is 4.74 Å².